The van der Waals surface area contributed by atoms with E-state index in [2.05, 4.69) is 10.5 Å². The summed E-state index contributed by atoms with van der Waals surface area (Å²) in [6.45, 7) is 0. The molecule has 19 heavy (non-hydrogen) atoms. The van der Waals surface area contributed by atoms with Crippen molar-refractivity contribution in [1.29, 1.82) is 0 Å². The number of hydrazone groups is 1. The lowest BCUT2D eigenvalue weighted by atomic mass is 10.1. The fourth-order valence-electron chi connectivity index (χ4n) is 2.06. The van der Waals surface area contributed by atoms with Gasteiger partial charge in [-0.1, -0.05) is 11.6 Å². The van der Waals surface area contributed by atoms with E-state index in [1.807, 2.05) is 0 Å². The first-order valence-electron chi connectivity index (χ1n) is 5.73. The molecule has 0 aliphatic heterocycles. The van der Waals surface area contributed by atoms with Crippen LogP contribution in [0.4, 0.5) is 5.69 Å². The van der Waals surface area contributed by atoms with E-state index in [9.17, 15) is 9.59 Å². The number of ketones is 2. The fourth-order valence-corrected chi connectivity index (χ4v) is 2.19. The van der Waals surface area contributed by atoms with Crippen LogP contribution < -0.4 is 5.43 Å². The molecule has 0 saturated carbocycles. The molecular formula is C14H9ClN2O2. The molecule has 0 bridgehead atoms. The molecule has 1 aromatic carbocycles. The van der Waals surface area contributed by atoms with Crippen LogP contribution in [0, 0.1) is 0 Å². The van der Waals surface area contributed by atoms with Crippen LogP contribution in [-0.4, -0.2) is 17.3 Å². The maximum atomic E-state index is 11.7. The van der Waals surface area contributed by atoms with Crippen molar-refractivity contribution in [2.45, 2.75) is 6.42 Å². The Bertz CT molecular complexity index is 669. The van der Waals surface area contributed by atoms with Gasteiger partial charge in [-0.25, -0.2) is 0 Å². The Morgan fingerprint density at radius 2 is 1.79 bits per heavy atom. The number of hydrogen-bond acceptors (Lipinski definition) is 4. The highest BCUT2D eigenvalue weighted by atomic mass is 35.5. The van der Waals surface area contributed by atoms with Crippen LogP contribution in [0.25, 0.3) is 0 Å². The SMILES string of the molecule is O=C1CC(=O)C2=C1C=CC2=NNc1ccc(Cl)cc1. The molecule has 1 aromatic rings. The summed E-state index contributed by atoms with van der Waals surface area (Å²) in [6, 6.07) is 7.04. The Kier molecular flexibility index (Phi) is 2.80. The lowest BCUT2D eigenvalue weighted by Crippen LogP contribution is -2.07. The molecule has 0 aromatic heterocycles. The highest BCUT2D eigenvalue weighted by Gasteiger charge is 2.34. The van der Waals surface area contributed by atoms with Crippen molar-refractivity contribution in [3.8, 4) is 0 Å². The summed E-state index contributed by atoms with van der Waals surface area (Å²) in [5.41, 5.74) is 5.00. The number of Topliss-reactive ketones (excluding diaryl/α,β-unsaturated/α-hetero) is 2. The quantitative estimate of drug-likeness (QED) is 0.665. The molecule has 0 spiro atoms. The normalized spacial score (nSPS) is 19.5. The molecule has 2 aliphatic rings. The Morgan fingerprint density at radius 3 is 2.53 bits per heavy atom. The van der Waals surface area contributed by atoms with Crippen molar-refractivity contribution in [3.05, 3.63) is 52.6 Å². The van der Waals surface area contributed by atoms with E-state index in [1.54, 1.807) is 36.4 Å². The topological polar surface area (TPSA) is 58.5 Å². The molecule has 94 valence electrons. The first-order chi connectivity index (χ1) is 9.15. The summed E-state index contributed by atoms with van der Waals surface area (Å²) in [5.74, 6) is -0.297. The van der Waals surface area contributed by atoms with Crippen LogP contribution in [0.3, 0.4) is 0 Å². The number of benzene rings is 1. The molecular weight excluding hydrogens is 264 g/mol. The highest BCUT2D eigenvalue weighted by molar-refractivity contribution is 6.40. The van der Waals surface area contributed by atoms with Crippen LogP contribution >= 0.6 is 11.6 Å². The van der Waals surface area contributed by atoms with Gasteiger partial charge in [0.25, 0.3) is 0 Å². The van der Waals surface area contributed by atoms with Gasteiger partial charge in [0.15, 0.2) is 11.6 Å². The maximum absolute atomic E-state index is 11.7. The van der Waals surface area contributed by atoms with Gasteiger partial charge in [0.2, 0.25) is 0 Å². The second kappa shape index (κ2) is 4.48. The van der Waals surface area contributed by atoms with E-state index in [0.717, 1.165) is 5.69 Å². The molecule has 0 saturated heterocycles. The zero-order valence-corrected chi connectivity index (χ0v) is 10.6. The van der Waals surface area contributed by atoms with Crippen molar-refractivity contribution < 1.29 is 9.59 Å². The lowest BCUT2D eigenvalue weighted by molar-refractivity contribution is -0.120. The second-order valence-electron chi connectivity index (χ2n) is 4.26. The number of hydrogen-bond donors (Lipinski definition) is 1. The number of nitrogens with zero attached hydrogens (tertiary/aromatic N) is 1. The van der Waals surface area contributed by atoms with Gasteiger partial charge in [0, 0.05) is 10.6 Å². The Morgan fingerprint density at radius 1 is 1.05 bits per heavy atom. The zero-order chi connectivity index (χ0) is 13.4. The molecule has 0 fully saturated rings. The van der Waals surface area contributed by atoms with Crippen molar-refractivity contribution in [1.82, 2.24) is 0 Å². The number of allylic oxidation sites excluding steroid dienone is 4. The molecule has 0 unspecified atom stereocenters. The first kappa shape index (κ1) is 11.9. The summed E-state index contributed by atoms with van der Waals surface area (Å²) in [7, 11) is 0. The van der Waals surface area contributed by atoms with E-state index in [0.29, 0.717) is 21.9 Å². The Hall–Kier alpha value is -2.20. The van der Waals surface area contributed by atoms with Crippen molar-refractivity contribution in [2.24, 2.45) is 5.10 Å². The van der Waals surface area contributed by atoms with Crippen LogP contribution in [-0.2, 0) is 9.59 Å². The number of anilines is 1. The van der Waals surface area contributed by atoms with E-state index < -0.39 is 0 Å². The third-order valence-corrected chi connectivity index (χ3v) is 3.24. The number of rotatable bonds is 2. The van der Waals surface area contributed by atoms with Gasteiger partial charge >= 0.3 is 0 Å². The smallest absolute Gasteiger partial charge is 0.173 e. The largest absolute Gasteiger partial charge is 0.294 e. The Labute approximate surface area is 114 Å². The van der Waals surface area contributed by atoms with Gasteiger partial charge in [0.1, 0.15) is 0 Å². The Balaban J connectivity index is 1.84. The summed E-state index contributed by atoms with van der Waals surface area (Å²) in [5, 5.41) is 4.80. The summed E-state index contributed by atoms with van der Waals surface area (Å²) >= 11 is 5.78. The van der Waals surface area contributed by atoms with E-state index >= 15 is 0 Å². The lowest BCUT2D eigenvalue weighted by Gasteiger charge is -2.02. The van der Waals surface area contributed by atoms with Gasteiger partial charge in [-0.3, -0.25) is 15.0 Å². The van der Waals surface area contributed by atoms with Crippen molar-refractivity contribution >= 4 is 34.6 Å². The van der Waals surface area contributed by atoms with Gasteiger partial charge < -0.3 is 0 Å². The predicted molar refractivity (Wildman–Crippen MR) is 73.3 cm³/mol. The molecule has 5 heteroatoms. The van der Waals surface area contributed by atoms with E-state index in [-0.39, 0.29) is 18.0 Å². The number of halogens is 1. The number of nitrogens with one attached hydrogen (secondary N) is 1. The molecule has 0 heterocycles. The molecule has 0 atom stereocenters. The second-order valence-corrected chi connectivity index (χ2v) is 4.70. The van der Waals surface area contributed by atoms with Gasteiger partial charge in [0.05, 0.1) is 23.4 Å². The van der Waals surface area contributed by atoms with Gasteiger partial charge in [-0.15, -0.1) is 0 Å². The summed E-state index contributed by atoms with van der Waals surface area (Å²) in [4.78, 5) is 23.2. The van der Waals surface area contributed by atoms with Crippen LogP contribution in [0.5, 0.6) is 0 Å². The molecule has 2 aliphatic carbocycles. The zero-order valence-electron chi connectivity index (χ0n) is 9.81. The predicted octanol–water partition coefficient (Wildman–Crippen LogP) is 2.52. The highest BCUT2D eigenvalue weighted by Crippen LogP contribution is 2.27. The van der Waals surface area contributed by atoms with Crippen LogP contribution in [0.15, 0.2) is 52.7 Å². The third-order valence-electron chi connectivity index (χ3n) is 2.98. The fraction of sp³-hybridized carbons (Fsp3) is 0.0714. The van der Waals surface area contributed by atoms with Crippen molar-refractivity contribution in [3.63, 3.8) is 0 Å². The first-order valence-corrected chi connectivity index (χ1v) is 6.11. The molecule has 0 amide bonds. The molecule has 3 rings (SSSR count). The minimum Gasteiger partial charge on any atom is -0.294 e. The van der Waals surface area contributed by atoms with Crippen molar-refractivity contribution in [2.75, 3.05) is 5.43 Å². The number of carbonyl (C=O) groups excluding carboxylic acids is 2. The van der Waals surface area contributed by atoms with Crippen LogP contribution in [0.2, 0.25) is 5.02 Å². The molecule has 1 N–H and O–H groups in total. The monoisotopic (exact) mass is 272 g/mol. The third kappa shape index (κ3) is 2.11. The van der Waals surface area contributed by atoms with E-state index in [1.165, 1.54) is 0 Å². The van der Waals surface area contributed by atoms with Gasteiger partial charge in [-0.2, -0.15) is 5.10 Å². The summed E-state index contributed by atoms with van der Waals surface area (Å²) in [6.07, 6.45) is 3.27. The standard InChI is InChI=1S/C14H9ClN2O2/c15-8-1-3-9(4-2-8)16-17-11-6-5-10-12(18)7-13(19)14(10)11/h1-6,16H,7H2. The minimum atomic E-state index is -0.165. The molecule has 0 radical (unpaired) electrons. The van der Waals surface area contributed by atoms with E-state index in [4.69, 9.17) is 11.6 Å². The number of carbonyl (C=O) groups is 2. The van der Waals surface area contributed by atoms with Crippen LogP contribution in [0.1, 0.15) is 6.42 Å². The average Bonchev–Trinajstić information content (AvgIpc) is 2.92. The molecule has 4 nitrogen and oxygen atoms in total. The summed E-state index contributed by atoms with van der Waals surface area (Å²) < 4.78 is 0. The minimum absolute atomic E-state index is 0.0467. The average molecular weight is 273 g/mol. The van der Waals surface area contributed by atoms with Gasteiger partial charge in [-0.05, 0) is 36.4 Å². The maximum Gasteiger partial charge on any atom is 0.173 e.